The molecule has 0 heterocycles. The Morgan fingerprint density at radius 1 is 1.17 bits per heavy atom. The SMILES string of the molecule is CNC(CCC1CCCC1)C1CCCC(F)(F)C1. The van der Waals surface area contributed by atoms with Crippen molar-refractivity contribution in [2.24, 2.45) is 11.8 Å². The quantitative estimate of drug-likeness (QED) is 0.773. The second kappa shape index (κ2) is 6.31. The monoisotopic (exact) mass is 259 g/mol. The average molecular weight is 259 g/mol. The molecule has 0 aromatic carbocycles. The van der Waals surface area contributed by atoms with Gasteiger partial charge in [0.1, 0.15) is 0 Å². The fourth-order valence-corrected chi connectivity index (χ4v) is 3.88. The molecule has 2 aliphatic carbocycles. The minimum atomic E-state index is -2.41. The van der Waals surface area contributed by atoms with Crippen LogP contribution < -0.4 is 5.32 Å². The molecule has 1 N–H and O–H groups in total. The molecule has 1 nitrogen and oxygen atoms in total. The van der Waals surface area contributed by atoms with E-state index in [9.17, 15) is 8.78 Å². The van der Waals surface area contributed by atoms with Gasteiger partial charge in [-0.25, -0.2) is 8.78 Å². The summed E-state index contributed by atoms with van der Waals surface area (Å²) in [5, 5.41) is 3.30. The Labute approximate surface area is 110 Å². The molecule has 2 rings (SSSR count). The van der Waals surface area contributed by atoms with Crippen LogP contribution in [0.5, 0.6) is 0 Å². The van der Waals surface area contributed by atoms with Crippen LogP contribution in [0.2, 0.25) is 0 Å². The maximum atomic E-state index is 13.5. The van der Waals surface area contributed by atoms with Gasteiger partial charge in [0, 0.05) is 18.9 Å². The van der Waals surface area contributed by atoms with E-state index in [-0.39, 0.29) is 18.8 Å². The zero-order valence-electron chi connectivity index (χ0n) is 11.6. The molecule has 0 aromatic rings. The van der Waals surface area contributed by atoms with Crippen molar-refractivity contribution in [1.29, 1.82) is 0 Å². The molecule has 2 fully saturated rings. The highest BCUT2D eigenvalue weighted by atomic mass is 19.3. The smallest absolute Gasteiger partial charge is 0.248 e. The molecule has 106 valence electrons. The third kappa shape index (κ3) is 3.91. The first kappa shape index (κ1) is 14.2. The summed E-state index contributed by atoms with van der Waals surface area (Å²) >= 11 is 0. The summed E-state index contributed by atoms with van der Waals surface area (Å²) in [6.07, 6.45) is 9.65. The molecule has 2 unspecified atom stereocenters. The maximum absolute atomic E-state index is 13.5. The van der Waals surface area contributed by atoms with Crippen LogP contribution in [0.1, 0.15) is 64.2 Å². The zero-order valence-corrected chi connectivity index (χ0v) is 11.6. The van der Waals surface area contributed by atoms with Gasteiger partial charge in [-0.05, 0) is 44.6 Å². The van der Waals surface area contributed by atoms with Crippen LogP contribution in [0.3, 0.4) is 0 Å². The van der Waals surface area contributed by atoms with Crippen molar-refractivity contribution in [3.8, 4) is 0 Å². The van der Waals surface area contributed by atoms with Crippen molar-refractivity contribution >= 4 is 0 Å². The van der Waals surface area contributed by atoms with Gasteiger partial charge < -0.3 is 5.32 Å². The second-order valence-corrected chi connectivity index (χ2v) is 6.34. The maximum Gasteiger partial charge on any atom is 0.248 e. The summed E-state index contributed by atoms with van der Waals surface area (Å²) in [5.74, 6) is -1.36. The zero-order chi connectivity index (χ0) is 13.0. The summed E-state index contributed by atoms with van der Waals surface area (Å²) < 4.78 is 26.9. The lowest BCUT2D eigenvalue weighted by molar-refractivity contribution is -0.0584. The summed E-state index contributed by atoms with van der Waals surface area (Å²) in [6, 6.07) is 0.303. The first-order chi connectivity index (χ1) is 8.61. The molecule has 0 bridgehead atoms. The van der Waals surface area contributed by atoms with Crippen LogP contribution in [0.4, 0.5) is 8.78 Å². The van der Waals surface area contributed by atoms with Gasteiger partial charge in [0.05, 0.1) is 0 Å². The molecule has 0 spiro atoms. The van der Waals surface area contributed by atoms with Crippen LogP contribution in [0, 0.1) is 11.8 Å². The summed E-state index contributed by atoms with van der Waals surface area (Å²) in [7, 11) is 1.94. The van der Waals surface area contributed by atoms with E-state index in [4.69, 9.17) is 0 Å². The highest BCUT2D eigenvalue weighted by molar-refractivity contribution is 4.86. The fourth-order valence-electron chi connectivity index (χ4n) is 3.88. The number of rotatable bonds is 5. The van der Waals surface area contributed by atoms with Crippen molar-refractivity contribution in [3.63, 3.8) is 0 Å². The van der Waals surface area contributed by atoms with E-state index in [1.807, 2.05) is 7.05 Å². The second-order valence-electron chi connectivity index (χ2n) is 6.34. The van der Waals surface area contributed by atoms with Gasteiger partial charge in [-0.15, -0.1) is 0 Å². The Balaban J connectivity index is 1.79. The minimum Gasteiger partial charge on any atom is -0.317 e. The molecule has 0 radical (unpaired) electrons. The molecule has 2 saturated carbocycles. The lowest BCUT2D eigenvalue weighted by Crippen LogP contribution is -2.39. The largest absolute Gasteiger partial charge is 0.317 e. The molecule has 18 heavy (non-hydrogen) atoms. The lowest BCUT2D eigenvalue weighted by atomic mass is 9.79. The molecule has 0 aliphatic heterocycles. The Morgan fingerprint density at radius 3 is 2.50 bits per heavy atom. The predicted octanol–water partition coefficient (Wildman–Crippen LogP) is 4.37. The first-order valence-electron chi connectivity index (χ1n) is 7.66. The van der Waals surface area contributed by atoms with Gasteiger partial charge in [-0.2, -0.15) is 0 Å². The van der Waals surface area contributed by atoms with Crippen LogP contribution in [-0.2, 0) is 0 Å². The normalized spacial score (nSPS) is 30.5. The van der Waals surface area contributed by atoms with Gasteiger partial charge in [-0.1, -0.05) is 25.7 Å². The van der Waals surface area contributed by atoms with Crippen molar-refractivity contribution in [2.75, 3.05) is 7.05 Å². The molecule has 0 amide bonds. The van der Waals surface area contributed by atoms with Gasteiger partial charge in [0.25, 0.3) is 0 Å². The summed E-state index contributed by atoms with van der Waals surface area (Å²) in [6.45, 7) is 0. The highest BCUT2D eigenvalue weighted by Gasteiger charge is 2.38. The molecular formula is C15H27F2N. The molecule has 2 atom stereocenters. The molecule has 0 saturated heterocycles. The van der Waals surface area contributed by atoms with Crippen molar-refractivity contribution < 1.29 is 8.78 Å². The topological polar surface area (TPSA) is 12.0 Å². The third-order valence-corrected chi connectivity index (χ3v) is 4.98. The van der Waals surface area contributed by atoms with Crippen LogP contribution in [0.25, 0.3) is 0 Å². The van der Waals surface area contributed by atoms with E-state index < -0.39 is 5.92 Å². The Hall–Kier alpha value is -0.180. The molecular weight excluding hydrogens is 232 g/mol. The van der Waals surface area contributed by atoms with E-state index in [1.54, 1.807) is 0 Å². The van der Waals surface area contributed by atoms with E-state index in [0.717, 1.165) is 18.8 Å². The standard InChI is InChI=1S/C15H27F2N/c1-18-14(9-8-12-5-2-3-6-12)13-7-4-10-15(16,17)11-13/h12-14,18H,2-11H2,1H3. The number of hydrogen-bond acceptors (Lipinski definition) is 1. The number of nitrogens with one attached hydrogen (secondary N) is 1. The van der Waals surface area contributed by atoms with Gasteiger partial charge >= 0.3 is 0 Å². The number of halogens is 2. The van der Waals surface area contributed by atoms with Gasteiger partial charge in [0.2, 0.25) is 5.92 Å². The highest BCUT2D eigenvalue weighted by Crippen LogP contribution is 2.39. The van der Waals surface area contributed by atoms with Crippen LogP contribution in [-0.4, -0.2) is 19.0 Å². The van der Waals surface area contributed by atoms with E-state index in [0.29, 0.717) is 12.5 Å². The lowest BCUT2D eigenvalue weighted by Gasteiger charge is -2.34. The van der Waals surface area contributed by atoms with Crippen LogP contribution in [0.15, 0.2) is 0 Å². The van der Waals surface area contributed by atoms with Crippen LogP contribution >= 0.6 is 0 Å². The van der Waals surface area contributed by atoms with Gasteiger partial charge in [0.15, 0.2) is 0 Å². The molecule has 0 aromatic heterocycles. The fraction of sp³-hybridized carbons (Fsp3) is 1.00. The average Bonchev–Trinajstić information content (AvgIpc) is 2.81. The minimum absolute atomic E-state index is 0.0998. The molecule has 2 aliphatic rings. The summed E-state index contributed by atoms with van der Waals surface area (Å²) in [4.78, 5) is 0. The van der Waals surface area contributed by atoms with Crippen molar-refractivity contribution in [1.82, 2.24) is 5.32 Å². The van der Waals surface area contributed by atoms with Gasteiger partial charge in [-0.3, -0.25) is 0 Å². The predicted molar refractivity (Wildman–Crippen MR) is 70.9 cm³/mol. The first-order valence-corrected chi connectivity index (χ1v) is 7.66. The van der Waals surface area contributed by atoms with Crippen molar-refractivity contribution in [3.05, 3.63) is 0 Å². The number of alkyl halides is 2. The third-order valence-electron chi connectivity index (χ3n) is 4.98. The van der Waals surface area contributed by atoms with E-state index in [2.05, 4.69) is 5.32 Å². The van der Waals surface area contributed by atoms with E-state index in [1.165, 1.54) is 32.1 Å². The summed E-state index contributed by atoms with van der Waals surface area (Å²) in [5.41, 5.74) is 0. The number of hydrogen-bond donors (Lipinski definition) is 1. The Morgan fingerprint density at radius 2 is 1.89 bits per heavy atom. The van der Waals surface area contributed by atoms with Crippen molar-refractivity contribution in [2.45, 2.75) is 76.2 Å². The Bertz CT molecular complexity index is 249. The molecule has 3 heteroatoms. The Kier molecular flexibility index (Phi) is 4.99. The van der Waals surface area contributed by atoms with E-state index >= 15 is 0 Å².